The maximum atomic E-state index is 3.11. The molecule has 4 aromatic carbocycles. The molecule has 0 aliphatic rings. The van der Waals surface area contributed by atoms with E-state index in [1.807, 2.05) is 0 Å². The second kappa shape index (κ2) is 12.0. The van der Waals surface area contributed by atoms with Crippen LogP contribution in [0.1, 0.15) is 61.1 Å². The van der Waals surface area contributed by atoms with E-state index in [2.05, 4.69) is 97.0 Å². The first-order valence-corrected chi connectivity index (χ1v) is 17.0. The Kier molecular flexibility index (Phi) is 9.97. The number of aryl methyl sites for hydroxylation is 6. The molecule has 4 rings (SSSR count). The second-order valence-electron chi connectivity index (χ2n) is 7.90. The quantitative estimate of drug-likeness (QED) is 0.173. The molecular weight excluding hydrogens is 543 g/mol. The number of fused-ring (bicyclic) bond motifs is 2. The van der Waals surface area contributed by atoms with Gasteiger partial charge in [0, 0.05) is 0 Å². The molecule has 0 atom stereocenters. The first-order chi connectivity index (χ1) is 14.5. The topological polar surface area (TPSA) is 0 Å². The van der Waals surface area contributed by atoms with Gasteiger partial charge in [-0.25, -0.2) is 0 Å². The summed E-state index contributed by atoms with van der Waals surface area (Å²) in [6.07, 6.45) is 4.52. The molecular formula is C28H34HfSi. The molecule has 0 spiro atoms. The summed E-state index contributed by atoms with van der Waals surface area (Å²) in [5.41, 5.74) is 8.68. The van der Waals surface area contributed by atoms with Gasteiger partial charge >= 0.3 is 29.9 Å². The molecule has 2 heteroatoms. The van der Waals surface area contributed by atoms with Crippen molar-refractivity contribution in [1.29, 1.82) is 0 Å². The Morgan fingerprint density at radius 2 is 0.900 bits per heavy atom. The van der Waals surface area contributed by atoms with Crippen LogP contribution in [-0.2, 0) is 48.7 Å². The van der Waals surface area contributed by atoms with Gasteiger partial charge in [0.2, 0.25) is 0 Å². The van der Waals surface area contributed by atoms with Crippen LogP contribution in [0.15, 0.2) is 48.5 Å². The van der Waals surface area contributed by atoms with E-state index in [-0.39, 0.29) is 0 Å². The Hall–Kier alpha value is -1.25. The van der Waals surface area contributed by atoms with Gasteiger partial charge in [0.25, 0.3) is 0 Å². The zero-order chi connectivity index (χ0) is 22.3. The van der Waals surface area contributed by atoms with Crippen molar-refractivity contribution in [3.8, 4) is 0 Å². The third kappa shape index (κ3) is 5.51. The van der Waals surface area contributed by atoms with E-state index < -0.39 is 0 Å². The SMILES string of the molecule is CCc1ccc(CC)c2[cH-]c(C)cc12.CCc1ccc(CC)c2[cH-]c(C)cc12.[Si]=[Hf+2]. The summed E-state index contributed by atoms with van der Waals surface area (Å²) in [6.45, 7) is 16.4. The summed E-state index contributed by atoms with van der Waals surface area (Å²) in [5.74, 6) is 0. The summed E-state index contributed by atoms with van der Waals surface area (Å²) in [7, 11) is 0. The standard InChI is InChI=1S/2C14H17.Hf.Si/c2*1-4-11-6-7-12(5-2)14-9-10(3)8-13(11)14;;/h2*6-9H,4-5H2,1-3H3;;/q2*-1;+2;. The van der Waals surface area contributed by atoms with Crippen LogP contribution in [0, 0.1) is 13.8 Å². The van der Waals surface area contributed by atoms with Gasteiger partial charge in [-0.05, 0) is 12.8 Å². The average Bonchev–Trinajstić information content (AvgIpc) is 3.36. The second-order valence-corrected chi connectivity index (χ2v) is 7.90. The van der Waals surface area contributed by atoms with Crippen molar-refractivity contribution in [1.82, 2.24) is 0 Å². The van der Waals surface area contributed by atoms with Gasteiger partial charge < -0.3 is 0 Å². The first kappa shape index (κ1) is 25.0. The van der Waals surface area contributed by atoms with Gasteiger partial charge in [0.05, 0.1) is 0 Å². The summed E-state index contributed by atoms with van der Waals surface area (Å²) in [5, 5.41) is 5.85. The number of benzene rings is 2. The maximum absolute atomic E-state index is 3.11. The van der Waals surface area contributed by atoms with Crippen LogP contribution in [-0.4, -0.2) is 6.94 Å². The zero-order valence-electron chi connectivity index (χ0n) is 19.4. The average molecular weight is 577 g/mol. The minimum atomic E-state index is 1.11. The number of rotatable bonds is 4. The molecule has 0 saturated carbocycles. The molecule has 0 N–H and O–H groups in total. The van der Waals surface area contributed by atoms with Crippen molar-refractivity contribution in [2.24, 2.45) is 0 Å². The monoisotopic (exact) mass is 578 g/mol. The summed E-state index contributed by atoms with van der Waals surface area (Å²) >= 11 is 1.11. The van der Waals surface area contributed by atoms with Crippen molar-refractivity contribution in [3.63, 3.8) is 0 Å². The molecule has 0 aromatic heterocycles. The van der Waals surface area contributed by atoms with Crippen LogP contribution in [0.4, 0.5) is 0 Å². The fraction of sp³-hybridized carbons (Fsp3) is 0.357. The molecule has 0 saturated heterocycles. The summed E-state index contributed by atoms with van der Waals surface area (Å²) in [6, 6.07) is 18.4. The summed E-state index contributed by atoms with van der Waals surface area (Å²) < 4.78 is 0. The molecule has 0 fully saturated rings. The normalized spacial score (nSPS) is 10.5. The van der Waals surface area contributed by atoms with Crippen molar-refractivity contribution in [2.45, 2.75) is 67.2 Å². The van der Waals surface area contributed by atoms with Gasteiger partial charge in [-0.3, -0.25) is 0 Å². The Bertz CT molecular complexity index is 927. The van der Waals surface area contributed by atoms with Crippen LogP contribution in [0.3, 0.4) is 0 Å². The van der Waals surface area contributed by atoms with Crippen LogP contribution < -0.4 is 0 Å². The molecule has 0 amide bonds. The van der Waals surface area contributed by atoms with Crippen molar-refractivity contribution < 1.29 is 23.0 Å². The van der Waals surface area contributed by atoms with E-state index in [1.54, 1.807) is 0 Å². The third-order valence-electron chi connectivity index (χ3n) is 5.95. The Morgan fingerprint density at radius 3 is 1.20 bits per heavy atom. The fourth-order valence-corrected chi connectivity index (χ4v) is 4.36. The van der Waals surface area contributed by atoms with Crippen molar-refractivity contribution in [2.75, 3.05) is 0 Å². The molecule has 4 aromatic rings. The van der Waals surface area contributed by atoms with Gasteiger partial charge in [-0.1, -0.05) is 77.6 Å². The van der Waals surface area contributed by atoms with E-state index in [1.165, 1.54) is 54.9 Å². The molecule has 30 heavy (non-hydrogen) atoms. The van der Waals surface area contributed by atoms with E-state index in [0.29, 0.717) is 0 Å². The molecule has 154 valence electrons. The Labute approximate surface area is 199 Å². The molecule has 0 aliphatic heterocycles. The van der Waals surface area contributed by atoms with Crippen molar-refractivity contribution >= 4 is 28.5 Å². The fourth-order valence-electron chi connectivity index (χ4n) is 4.36. The molecule has 2 radical (unpaired) electrons. The van der Waals surface area contributed by atoms with Crippen LogP contribution in [0.25, 0.3) is 21.5 Å². The van der Waals surface area contributed by atoms with Crippen LogP contribution >= 0.6 is 0 Å². The zero-order valence-corrected chi connectivity index (χ0v) is 24.0. The van der Waals surface area contributed by atoms with E-state index in [9.17, 15) is 0 Å². The third-order valence-corrected chi connectivity index (χ3v) is 5.95. The predicted molar refractivity (Wildman–Crippen MR) is 132 cm³/mol. The Balaban J connectivity index is 0.000000197. The molecule has 0 heterocycles. The number of hydrogen-bond donors (Lipinski definition) is 0. The molecule has 0 unspecified atom stereocenters. The number of hydrogen-bond acceptors (Lipinski definition) is 0. The van der Waals surface area contributed by atoms with E-state index in [0.717, 1.165) is 48.7 Å². The van der Waals surface area contributed by atoms with Crippen LogP contribution in [0.5, 0.6) is 0 Å². The predicted octanol–water partition coefficient (Wildman–Crippen LogP) is 7.60. The molecule has 0 nitrogen and oxygen atoms in total. The Morgan fingerprint density at radius 1 is 0.600 bits per heavy atom. The van der Waals surface area contributed by atoms with Gasteiger partial charge in [0.15, 0.2) is 0 Å². The molecule has 0 bridgehead atoms. The first-order valence-electron chi connectivity index (χ1n) is 11.1. The molecule has 0 aliphatic carbocycles. The summed E-state index contributed by atoms with van der Waals surface area (Å²) in [4.78, 5) is 0. The van der Waals surface area contributed by atoms with E-state index >= 15 is 0 Å². The van der Waals surface area contributed by atoms with Gasteiger partial charge in [-0.2, -0.15) is 12.1 Å². The van der Waals surface area contributed by atoms with Crippen LogP contribution in [0.2, 0.25) is 0 Å². The van der Waals surface area contributed by atoms with Crippen molar-refractivity contribution in [3.05, 3.63) is 81.9 Å². The minimum absolute atomic E-state index is 1.11. The van der Waals surface area contributed by atoms with Gasteiger partial charge in [-0.15, -0.1) is 68.1 Å². The van der Waals surface area contributed by atoms with E-state index in [4.69, 9.17) is 0 Å². The van der Waals surface area contributed by atoms with Gasteiger partial charge in [0.1, 0.15) is 0 Å².